The molecule has 1 aromatic rings. The van der Waals surface area contributed by atoms with Gasteiger partial charge in [-0.25, -0.2) is 0 Å². The number of ether oxygens (including phenoxy) is 2. The molecule has 0 aliphatic carbocycles. The molecule has 21 heavy (non-hydrogen) atoms. The van der Waals surface area contributed by atoms with Crippen LogP contribution in [0.5, 0.6) is 0 Å². The lowest BCUT2D eigenvalue weighted by Crippen LogP contribution is -2.30. The summed E-state index contributed by atoms with van der Waals surface area (Å²) in [6.45, 7) is 9.54. The van der Waals surface area contributed by atoms with Crippen LogP contribution in [0.4, 0.5) is 0 Å². The minimum absolute atomic E-state index is 0.517. The lowest BCUT2D eigenvalue weighted by atomic mass is 10.1. The highest BCUT2D eigenvalue weighted by Gasteiger charge is 2.06. The average Bonchev–Trinajstić information content (AvgIpc) is 2.49. The molecule has 1 aromatic carbocycles. The molecule has 0 amide bonds. The second kappa shape index (κ2) is 10.7. The highest BCUT2D eigenvalue weighted by Crippen LogP contribution is 2.08. The lowest BCUT2D eigenvalue weighted by Gasteiger charge is -2.21. The van der Waals surface area contributed by atoms with Crippen molar-refractivity contribution in [3.8, 4) is 0 Å². The fourth-order valence-corrected chi connectivity index (χ4v) is 2.05. The van der Waals surface area contributed by atoms with E-state index in [4.69, 9.17) is 9.47 Å². The number of hydrogen-bond donors (Lipinski definition) is 1. The second-order valence-corrected chi connectivity index (χ2v) is 5.61. The number of hydrogen-bond acceptors (Lipinski definition) is 4. The monoisotopic (exact) mass is 294 g/mol. The predicted octanol–water partition coefficient (Wildman–Crippen LogP) is 2.28. The van der Waals surface area contributed by atoms with Crippen LogP contribution in [0.3, 0.4) is 0 Å². The maximum Gasteiger partial charge on any atom is 0.0589 e. The van der Waals surface area contributed by atoms with Gasteiger partial charge in [0.2, 0.25) is 0 Å². The summed E-state index contributed by atoms with van der Waals surface area (Å²) in [4.78, 5) is 2.36. The molecule has 0 aliphatic rings. The Kier molecular flexibility index (Phi) is 9.26. The van der Waals surface area contributed by atoms with E-state index in [-0.39, 0.29) is 0 Å². The van der Waals surface area contributed by atoms with Gasteiger partial charge in [-0.2, -0.15) is 0 Å². The molecule has 0 atom stereocenters. The van der Waals surface area contributed by atoms with Crippen LogP contribution >= 0.6 is 0 Å². The molecule has 0 spiro atoms. The summed E-state index contributed by atoms with van der Waals surface area (Å²) in [5, 5.41) is 3.43. The Labute approximate surface area is 129 Å². The Morgan fingerprint density at radius 2 is 1.48 bits per heavy atom. The van der Waals surface area contributed by atoms with Gasteiger partial charge < -0.3 is 14.8 Å². The third-order valence-corrected chi connectivity index (χ3v) is 3.37. The summed E-state index contributed by atoms with van der Waals surface area (Å²) in [5.74, 6) is 0. The van der Waals surface area contributed by atoms with Gasteiger partial charge in [-0.15, -0.1) is 0 Å². The van der Waals surface area contributed by atoms with Crippen molar-refractivity contribution in [2.75, 3.05) is 40.5 Å². The van der Waals surface area contributed by atoms with Crippen molar-refractivity contribution in [1.29, 1.82) is 0 Å². The Morgan fingerprint density at radius 1 is 0.952 bits per heavy atom. The minimum Gasteiger partial charge on any atom is -0.383 e. The summed E-state index contributed by atoms with van der Waals surface area (Å²) in [7, 11) is 3.48. The van der Waals surface area contributed by atoms with E-state index in [0.29, 0.717) is 6.04 Å². The Balaban J connectivity index is 2.49. The van der Waals surface area contributed by atoms with E-state index >= 15 is 0 Å². The highest BCUT2D eigenvalue weighted by molar-refractivity contribution is 5.22. The van der Waals surface area contributed by atoms with E-state index in [2.05, 4.69) is 48.3 Å². The van der Waals surface area contributed by atoms with Crippen LogP contribution in [-0.2, 0) is 22.6 Å². The largest absolute Gasteiger partial charge is 0.383 e. The first-order chi connectivity index (χ1) is 10.2. The summed E-state index contributed by atoms with van der Waals surface area (Å²) in [5.41, 5.74) is 2.66. The van der Waals surface area contributed by atoms with E-state index in [1.807, 2.05) is 0 Å². The second-order valence-electron chi connectivity index (χ2n) is 5.61. The SMILES string of the molecule is COCCN(CCOC)Cc1ccc(CNC(C)C)cc1. The highest BCUT2D eigenvalue weighted by atomic mass is 16.5. The van der Waals surface area contributed by atoms with Gasteiger partial charge in [-0.05, 0) is 11.1 Å². The molecule has 0 radical (unpaired) electrons. The molecule has 4 nitrogen and oxygen atoms in total. The van der Waals surface area contributed by atoms with Crippen LogP contribution in [0.1, 0.15) is 25.0 Å². The van der Waals surface area contributed by atoms with Crippen molar-refractivity contribution in [2.24, 2.45) is 0 Å². The number of nitrogens with zero attached hydrogens (tertiary/aromatic N) is 1. The van der Waals surface area contributed by atoms with Crippen molar-refractivity contribution in [3.63, 3.8) is 0 Å². The molecule has 1 rings (SSSR count). The Morgan fingerprint density at radius 3 is 1.95 bits per heavy atom. The van der Waals surface area contributed by atoms with Gasteiger partial charge in [0.1, 0.15) is 0 Å². The van der Waals surface area contributed by atoms with Crippen molar-refractivity contribution < 1.29 is 9.47 Å². The first-order valence-electron chi connectivity index (χ1n) is 7.67. The molecule has 0 unspecified atom stereocenters. The van der Waals surface area contributed by atoms with E-state index in [9.17, 15) is 0 Å². The average molecular weight is 294 g/mol. The van der Waals surface area contributed by atoms with Gasteiger partial charge in [0.15, 0.2) is 0 Å². The third kappa shape index (κ3) is 8.17. The fourth-order valence-electron chi connectivity index (χ4n) is 2.05. The maximum atomic E-state index is 5.17. The first kappa shape index (κ1) is 18.1. The molecule has 0 saturated heterocycles. The summed E-state index contributed by atoms with van der Waals surface area (Å²) in [6.07, 6.45) is 0. The molecule has 0 saturated carbocycles. The van der Waals surface area contributed by atoms with E-state index in [1.54, 1.807) is 14.2 Å². The molecule has 1 N–H and O–H groups in total. The van der Waals surface area contributed by atoms with Crippen molar-refractivity contribution in [1.82, 2.24) is 10.2 Å². The maximum absolute atomic E-state index is 5.17. The van der Waals surface area contributed by atoms with Crippen LogP contribution in [0.15, 0.2) is 24.3 Å². The number of methoxy groups -OCH3 is 2. The number of rotatable bonds is 11. The van der Waals surface area contributed by atoms with E-state index < -0.39 is 0 Å². The zero-order valence-corrected chi connectivity index (χ0v) is 13.9. The predicted molar refractivity (Wildman–Crippen MR) is 87.4 cm³/mol. The van der Waals surface area contributed by atoms with Crippen LogP contribution < -0.4 is 5.32 Å². The fraction of sp³-hybridized carbons (Fsp3) is 0.647. The van der Waals surface area contributed by atoms with Gasteiger partial charge in [0.05, 0.1) is 13.2 Å². The van der Waals surface area contributed by atoms with Gasteiger partial charge >= 0.3 is 0 Å². The quantitative estimate of drug-likeness (QED) is 0.679. The number of benzene rings is 1. The van der Waals surface area contributed by atoms with Gasteiger partial charge in [0, 0.05) is 46.4 Å². The van der Waals surface area contributed by atoms with Crippen LogP contribution in [0.2, 0.25) is 0 Å². The molecule has 0 bridgehead atoms. The molecular formula is C17H30N2O2. The van der Waals surface area contributed by atoms with Gasteiger partial charge in [-0.3, -0.25) is 4.90 Å². The van der Waals surface area contributed by atoms with E-state index in [0.717, 1.165) is 39.4 Å². The number of nitrogens with one attached hydrogen (secondary N) is 1. The summed E-state index contributed by atoms with van der Waals surface area (Å²) in [6, 6.07) is 9.35. The normalized spacial score (nSPS) is 11.5. The minimum atomic E-state index is 0.517. The first-order valence-corrected chi connectivity index (χ1v) is 7.67. The smallest absolute Gasteiger partial charge is 0.0589 e. The summed E-state index contributed by atoms with van der Waals surface area (Å²) < 4.78 is 10.3. The zero-order valence-electron chi connectivity index (χ0n) is 13.9. The molecule has 0 fully saturated rings. The lowest BCUT2D eigenvalue weighted by molar-refractivity contribution is 0.110. The van der Waals surface area contributed by atoms with Crippen molar-refractivity contribution >= 4 is 0 Å². The molecule has 0 aliphatic heterocycles. The summed E-state index contributed by atoms with van der Waals surface area (Å²) >= 11 is 0. The standard InChI is InChI=1S/C17H30N2O2/c1-15(2)18-13-16-5-7-17(8-6-16)14-19(9-11-20-3)10-12-21-4/h5-8,15,18H,9-14H2,1-4H3. The van der Waals surface area contributed by atoms with Crippen LogP contribution in [0, 0.1) is 0 Å². The molecule has 0 heterocycles. The van der Waals surface area contributed by atoms with Gasteiger partial charge in [-0.1, -0.05) is 38.1 Å². The Bertz CT molecular complexity index is 358. The van der Waals surface area contributed by atoms with Crippen molar-refractivity contribution in [3.05, 3.63) is 35.4 Å². The topological polar surface area (TPSA) is 33.7 Å². The van der Waals surface area contributed by atoms with Crippen LogP contribution in [0.25, 0.3) is 0 Å². The van der Waals surface area contributed by atoms with E-state index in [1.165, 1.54) is 11.1 Å². The molecular weight excluding hydrogens is 264 g/mol. The van der Waals surface area contributed by atoms with Crippen LogP contribution in [-0.4, -0.2) is 51.5 Å². The molecule has 120 valence electrons. The van der Waals surface area contributed by atoms with Gasteiger partial charge in [0.25, 0.3) is 0 Å². The zero-order chi connectivity index (χ0) is 15.5. The Hall–Kier alpha value is -0.940. The van der Waals surface area contributed by atoms with Crippen molar-refractivity contribution in [2.45, 2.75) is 33.0 Å². The third-order valence-electron chi connectivity index (χ3n) is 3.37. The molecule has 0 aromatic heterocycles. The molecule has 4 heteroatoms.